The molecule has 2 bridgehead atoms. The SMILES string of the molecule is CN(C(=O)O)[C@H](C(=O)Nc1cccc(F)c1CC[C@H]1CN[C@@H]2CCCS(O)(O)N1C2)C1(c2ccc(Cl)cc2)CCN(S(C)(=O)=O)CC1. The van der Waals surface area contributed by atoms with E-state index in [4.69, 9.17) is 11.6 Å². The van der Waals surface area contributed by atoms with Crippen LogP contribution in [0.3, 0.4) is 0 Å². The normalized spacial score (nSPS) is 25.6. The molecule has 2 aromatic carbocycles. The lowest BCUT2D eigenvalue weighted by Crippen LogP contribution is -2.60. The second kappa shape index (κ2) is 14.2. The molecule has 3 heterocycles. The molecule has 1 unspecified atom stereocenters. The molecule has 12 nitrogen and oxygen atoms in total. The predicted molar refractivity (Wildman–Crippen MR) is 181 cm³/mol. The van der Waals surface area contributed by atoms with Crippen LogP contribution < -0.4 is 10.6 Å². The quantitative estimate of drug-likeness (QED) is 0.253. The molecule has 4 atom stereocenters. The molecule has 2 aromatic rings. The van der Waals surface area contributed by atoms with Crippen molar-refractivity contribution in [1.29, 1.82) is 0 Å². The van der Waals surface area contributed by atoms with Crippen LogP contribution in [0, 0.1) is 5.82 Å². The van der Waals surface area contributed by atoms with Crippen molar-refractivity contribution in [1.82, 2.24) is 18.8 Å². The number of benzene rings is 2. The Morgan fingerprint density at radius 3 is 2.51 bits per heavy atom. The molecule has 260 valence electrons. The minimum atomic E-state index is -3.53. The number of carbonyl (C=O) groups is 2. The molecule has 3 aliphatic heterocycles. The number of hydrogen-bond donors (Lipinski definition) is 5. The van der Waals surface area contributed by atoms with Gasteiger partial charge in [-0.1, -0.05) is 29.8 Å². The minimum Gasteiger partial charge on any atom is -0.465 e. The van der Waals surface area contributed by atoms with E-state index in [1.165, 1.54) is 23.5 Å². The summed E-state index contributed by atoms with van der Waals surface area (Å²) in [5.74, 6) is -0.948. The molecule has 3 fully saturated rings. The maximum atomic E-state index is 15.4. The van der Waals surface area contributed by atoms with Gasteiger partial charge in [-0.3, -0.25) is 18.8 Å². The predicted octanol–water partition coefficient (Wildman–Crippen LogP) is 4.42. The number of amides is 2. The van der Waals surface area contributed by atoms with Crippen molar-refractivity contribution in [3.8, 4) is 0 Å². The van der Waals surface area contributed by atoms with E-state index >= 15 is 4.39 Å². The molecule has 2 amide bonds. The number of nitrogens with zero attached hydrogens (tertiary/aromatic N) is 3. The zero-order valence-electron chi connectivity index (χ0n) is 26.4. The third-order valence-electron chi connectivity index (χ3n) is 9.86. The number of carbonyl (C=O) groups excluding carboxylic acids is 1. The Morgan fingerprint density at radius 2 is 1.87 bits per heavy atom. The largest absolute Gasteiger partial charge is 0.465 e. The van der Waals surface area contributed by atoms with E-state index in [9.17, 15) is 32.2 Å². The molecule has 0 aliphatic carbocycles. The Kier molecular flexibility index (Phi) is 10.8. The smallest absolute Gasteiger partial charge is 0.407 e. The van der Waals surface area contributed by atoms with Gasteiger partial charge >= 0.3 is 6.09 Å². The van der Waals surface area contributed by atoms with Gasteiger partial charge in [-0.25, -0.2) is 26.2 Å². The zero-order chi connectivity index (χ0) is 34.1. The van der Waals surface area contributed by atoms with Gasteiger partial charge < -0.3 is 15.7 Å². The van der Waals surface area contributed by atoms with Crippen molar-refractivity contribution >= 4 is 50.1 Å². The van der Waals surface area contributed by atoms with Crippen LogP contribution in [0.15, 0.2) is 42.5 Å². The first-order valence-electron chi connectivity index (χ1n) is 15.6. The number of halogens is 2. The average Bonchev–Trinajstić information content (AvgIpc) is 3.12. The molecule has 0 radical (unpaired) electrons. The number of likely N-dealkylation sites (N-methyl/N-ethyl adjacent to an activating group) is 1. The maximum absolute atomic E-state index is 15.4. The first kappa shape index (κ1) is 35.8. The molecule has 0 spiro atoms. The third kappa shape index (κ3) is 7.72. The number of hydrogen-bond acceptors (Lipinski definition) is 8. The van der Waals surface area contributed by atoms with Crippen molar-refractivity contribution in [3.05, 3.63) is 64.4 Å². The number of rotatable bonds is 9. The summed E-state index contributed by atoms with van der Waals surface area (Å²) < 4.78 is 65.0. The lowest BCUT2D eigenvalue weighted by atomic mass is 9.67. The fourth-order valence-electron chi connectivity index (χ4n) is 7.34. The van der Waals surface area contributed by atoms with Crippen molar-refractivity contribution in [3.63, 3.8) is 0 Å². The van der Waals surface area contributed by atoms with E-state index in [1.54, 1.807) is 34.6 Å². The molecular weight excluding hydrogens is 673 g/mol. The van der Waals surface area contributed by atoms with Crippen LogP contribution in [0.2, 0.25) is 5.02 Å². The van der Waals surface area contributed by atoms with Crippen LogP contribution in [-0.2, 0) is 26.7 Å². The summed E-state index contributed by atoms with van der Waals surface area (Å²) >= 11 is 6.17. The first-order chi connectivity index (χ1) is 22.1. The van der Waals surface area contributed by atoms with Gasteiger partial charge in [0.05, 0.1) is 12.0 Å². The average molecular weight is 716 g/mol. The highest BCUT2D eigenvalue weighted by Gasteiger charge is 2.50. The Hall–Kier alpha value is -2.50. The number of carboxylic acid groups (broad SMARTS) is 1. The molecule has 47 heavy (non-hydrogen) atoms. The van der Waals surface area contributed by atoms with Gasteiger partial charge in [-0.05, 0) is 68.4 Å². The lowest BCUT2D eigenvalue weighted by Gasteiger charge is -2.49. The summed E-state index contributed by atoms with van der Waals surface area (Å²) in [6.45, 7) is 1.13. The summed E-state index contributed by atoms with van der Waals surface area (Å²) in [7, 11) is -5.20. The van der Waals surface area contributed by atoms with Gasteiger partial charge in [-0.2, -0.15) is 0 Å². The topological polar surface area (TPSA) is 163 Å². The maximum Gasteiger partial charge on any atom is 0.407 e. The Bertz CT molecular complexity index is 1570. The first-order valence-corrected chi connectivity index (χ1v) is 19.5. The van der Waals surface area contributed by atoms with E-state index in [2.05, 4.69) is 10.6 Å². The molecule has 5 rings (SSSR count). The Labute approximate surface area is 281 Å². The second-order valence-electron chi connectivity index (χ2n) is 12.8. The summed E-state index contributed by atoms with van der Waals surface area (Å²) in [5, 5.41) is 16.9. The van der Waals surface area contributed by atoms with Crippen LogP contribution in [-0.4, -0.2) is 112 Å². The minimum absolute atomic E-state index is 0.0654. The number of nitrogens with one attached hydrogen (secondary N) is 2. The van der Waals surface area contributed by atoms with Crippen LogP contribution in [0.5, 0.6) is 0 Å². The molecule has 16 heteroatoms. The highest BCUT2D eigenvalue weighted by Crippen LogP contribution is 2.49. The van der Waals surface area contributed by atoms with Gasteiger partial charge in [-0.15, -0.1) is 10.8 Å². The summed E-state index contributed by atoms with van der Waals surface area (Å²) in [6, 6.07) is 9.61. The van der Waals surface area contributed by atoms with Crippen molar-refractivity contribution in [2.75, 3.05) is 50.6 Å². The van der Waals surface area contributed by atoms with Crippen LogP contribution in [0.25, 0.3) is 0 Å². The number of piperidine rings is 1. The monoisotopic (exact) mass is 715 g/mol. The Morgan fingerprint density at radius 1 is 1.19 bits per heavy atom. The summed E-state index contributed by atoms with van der Waals surface area (Å²) in [4.78, 5) is 27.7. The number of piperazine rings is 1. The van der Waals surface area contributed by atoms with Crippen LogP contribution >= 0.6 is 22.4 Å². The van der Waals surface area contributed by atoms with E-state index < -0.39 is 50.1 Å². The lowest BCUT2D eigenvalue weighted by molar-refractivity contribution is -0.123. The molecule has 0 aromatic heterocycles. The standard InChI is InChI=1S/C31H43ClFN5O7S2/c1-36(30(40)41)28(31(21-8-10-22(32)11-9-21)14-16-37(17-15-31)46(2,42)43)29(39)35-27-7-3-6-26(33)25(27)13-12-24-19-34-23-5-4-18-47(44,45)38(24)20-23/h3,6-11,23-24,28,34,44-45H,4-5,12-20H2,1-2H3,(H,35,39)(H,40,41)/t23-,24+,28-/m1/s1. The van der Waals surface area contributed by atoms with Crippen LogP contribution in [0.1, 0.15) is 43.2 Å². The number of anilines is 1. The number of sulfonamides is 1. The van der Waals surface area contributed by atoms with E-state index in [0.717, 1.165) is 17.6 Å². The Balaban J connectivity index is 1.45. The number of fused-ring (bicyclic) bond motifs is 2. The molecule has 5 N–H and O–H groups in total. The van der Waals surface area contributed by atoms with Gasteiger partial charge in [0.25, 0.3) is 0 Å². The van der Waals surface area contributed by atoms with E-state index in [0.29, 0.717) is 42.3 Å². The summed E-state index contributed by atoms with van der Waals surface area (Å²) in [5.41, 5.74) is -0.106. The highest BCUT2D eigenvalue weighted by molar-refractivity contribution is 8.22. The molecule has 0 saturated carbocycles. The van der Waals surface area contributed by atoms with E-state index in [1.807, 2.05) is 0 Å². The second-order valence-corrected chi connectivity index (χ2v) is 17.3. The third-order valence-corrected chi connectivity index (χ3v) is 13.5. The fourth-order valence-corrected chi connectivity index (χ4v) is 10.2. The highest BCUT2D eigenvalue weighted by atomic mass is 35.5. The molecular formula is C31H43ClFN5O7S2. The molecule has 3 saturated heterocycles. The zero-order valence-corrected chi connectivity index (χ0v) is 28.8. The van der Waals surface area contributed by atoms with Gasteiger partial charge in [0.15, 0.2) is 0 Å². The van der Waals surface area contributed by atoms with Gasteiger partial charge in [0, 0.05) is 67.0 Å². The van der Waals surface area contributed by atoms with Crippen molar-refractivity contribution in [2.45, 2.75) is 62.1 Å². The fraction of sp³-hybridized carbons (Fsp3) is 0.548. The van der Waals surface area contributed by atoms with Crippen molar-refractivity contribution < 1.29 is 36.6 Å². The van der Waals surface area contributed by atoms with Gasteiger partial charge in [0.2, 0.25) is 15.9 Å². The van der Waals surface area contributed by atoms with Crippen LogP contribution in [0.4, 0.5) is 14.9 Å². The van der Waals surface area contributed by atoms with Gasteiger partial charge in [0.1, 0.15) is 11.9 Å². The van der Waals surface area contributed by atoms with E-state index in [-0.39, 0.29) is 55.7 Å². The molecule has 3 aliphatic rings. The van der Waals surface area contributed by atoms with Crippen molar-refractivity contribution in [2.24, 2.45) is 0 Å². The summed E-state index contributed by atoms with van der Waals surface area (Å²) in [6.07, 6.45) is 2.14.